The van der Waals surface area contributed by atoms with Crippen molar-refractivity contribution >= 4 is 6.08 Å². The molecule has 2 N–H and O–H groups in total. The lowest BCUT2D eigenvalue weighted by atomic mass is 9.95. The van der Waals surface area contributed by atoms with Crippen LogP contribution in [0, 0.1) is 25.2 Å². The van der Waals surface area contributed by atoms with Crippen LogP contribution in [0.3, 0.4) is 0 Å². The number of hydrogen-bond donors (Lipinski definition) is 1. The Morgan fingerprint density at radius 3 is 2.41 bits per heavy atom. The predicted molar refractivity (Wildman–Crippen MR) is 117 cm³/mol. The van der Waals surface area contributed by atoms with E-state index in [0.29, 0.717) is 17.7 Å². The van der Waals surface area contributed by atoms with E-state index in [9.17, 15) is 0 Å². The van der Waals surface area contributed by atoms with Gasteiger partial charge in [-0.15, -0.1) is 0 Å². The van der Waals surface area contributed by atoms with Gasteiger partial charge in [0.05, 0.1) is 11.6 Å². The largest absolute Gasteiger partial charge is 0.399 e. The molecule has 0 radical (unpaired) electrons. The Morgan fingerprint density at radius 2 is 1.79 bits per heavy atom. The SMILES string of the molecule is C=C(N)/C=C\c1cc(C)c(Cc2ccnc(Cc3ccc(C#N)cc3)n2)c(C)c1. The Kier molecular flexibility index (Phi) is 6.21. The molecule has 0 saturated carbocycles. The molecule has 0 aliphatic carbocycles. The molecule has 0 bridgehead atoms. The van der Waals surface area contributed by atoms with E-state index in [4.69, 9.17) is 16.0 Å². The first kappa shape index (κ1) is 20.0. The van der Waals surface area contributed by atoms with E-state index in [2.05, 4.69) is 43.6 Å². The number of allylic oxidation sites excluding steroid dienone is 1. The van der Waals surface area contributed by atoms with Gasteiger partial charge in [-0.3, -0.25) is 0 Å². The van der Waals surface area contributed by atoms with Crippen molar-refractivity contribution in [1.29, 1.82) is 5.26 Å². The summed E-state index contributed by atoms with van der Waals surface area (Å²) in [7, 11) is 0. The first-order chi connectivity index (χ1) is 13.9. The van der Waals surface area contributed by atoms with Gasteiger partial charge in [-0.1, -0.05) is 36.9 Å². The number of rotatable bonds is 6. The fourth-order valence-electron chi connectivity index (χ4n) is 3.29. The van der Waals surface area contributed by atoms with Crippen LogP contribution < -0.4 is 5.73 Å². The minimum atomic E-state index is 0.542. The molecule has 2 aromatic carbocycles. The van der Waals surface area contributed by atoms with Crippen molar-refractivity contribution in [3.63, 3.8) is 0 Å². The van der Waals surface area contributed by atoms with Gasteiger partial charge in [-0.2, -0.15) is 5.26 Å². The first-order valence-electron chi connectivity index (χ1n) is 9.47. The Bertz CT molecular complexity index is 1080. The van der Waals surface area contributed by atoms with Gasteiger partial charge in [0.2, 0.25) is 0 Å². The van der Waals surface area contributed by atoms with E-state index < -0.39 is 0 Å². The molecular weight excluding hydrogens is 356 g/mol. The van der Waals surface area contributed by atoms with Gasteiger partial charge in [0, 0.05) is 30.4 Å². The third-order valence-corrected chi connectivity index (χ3v) is 4.77. The Balaban J connectivity index is 1.79. The van der Waals surface area contributed by atoms with Crippen LogP contribution in [0.2, 0.25) is 0 Å². The second-order valence-corrected chi connectivity index (χ2v) is 7.17. The fraction of sp³-hybridized carbons (Fsp3) is 0.160. The summed E-state index contributed by atoms with van der Waals surface area (Å²) < 4.78 is 0. The number of nitrogens with zero attached hydrogens (tertiary/aromatic N) is 3. The molecule has 0 aliphatic heterocycles. The second-order valence-electron chi connectivity index (χ2n) is 7.17. The fourth-order valence-corrected chi connectivity index (χ4v) is 3.29. The van der Waals surface area contributed by atoms with Crippen molar-refractivity contribution in [2.45, 2.75) is 26.7 Å². The maximum absolute atomic E-state index is 8.92. The third kappa shape index (κ3) is 5.40. The summed E-state index contributed by atoms with van der Waals surface area (Å²) in [5, 5.41) is 8.92. The van der Waals surface area contributed by atoms with Crippen LogP contribution in [0.4, 0.5) is 0 Å². The van der Waals surface area contributed by atoms with E-state index >= 15 is 0 Å². The summed E-state index contributed by atoms with van der Waals surface area (Å²) in [5.74, 6) is 0.781. The molecule has 0 amide bonds. The molecular formula is C25H24N4. The van der Waals surface area contributed by atoms with Crippen LogP contribution in [-0.4, -0.2) is 9.97 Å². The maximum atomic E-state index is 8.92. The third-order valence-electron chi connectivity index (χ3n) is 4.77. The van der Waals surface area contributed by atoms with Gasteiger partial charge in [0.1, 0.15) is 5.82 Å². The first-order valence-corrected chi connectivity index (χ1v) is 9.47. The number of hydrogen-bond acceptors (Lipinski definition) is 4. The molecule has 0 fully saturated rings. The summed E-state index contributed by atoms with van der Waals surface area (Å²) in [4.78, 5) is 9.17. The van der Waals surface area contributed by atoms with Crippen LogP contribution in [0.5, 0.6) is 0 Å². The zero-order valence-corrected chi connectivity index (χ0v) is 16.8. The van der Waals surface area contributed by atoms with E-state index in [1.807, 2.05) is 48.7 Å². The molecule has 3 rings (SSSR count). The van der Waals surface area contributed by atoms with Crippen LogP contribution in [0.1, 0.15) is 44.9 Å². The quantitative estimate of drug-likeness (QED) is 0.633. The number of benzene rings is 2. The van der Waals surface area contributed by atoms with Crippen LogP contribution in [0.15, 0.2) is 67.0 Å². The van der Waals surface area contributed by atoms with E-state index in [1.54, 1.807) is 0 Å². The van der Waals surface area contributed by atoms with Crippen LogP contribution in [-0.2, 0) is 12.8 Å². The van der Waals surface area contributed by atoms with Crippen LogP contribution >= 0.6 is 0 Å². The van der Waals surface area contributed by atoms with Gasteiger partial charge < -0.3 is 5.73 Å². The number of aromatic nitrogens is 2. The molecule has 0 aliphatic rings. The molecule has 0 spiro atoms. The molecule has 4 nitrogen and oxygen atoms in total. The lowest BCUT2D eigenvalue weighted by molar-refractivity contribution is 0.912. The number of aryl methyl sites for hydroxylation is 2. The van der Waals surface area contributed by atoms with Gasteiger partial charge in [0.15, 0.2) is 0 Å². The summed E-state index contributed by atoms with van der Waals surface area (Å²) in [6.45, 7) is 7.94. The lowest BCUT2D eigenvalue weighted by Gasteiger charge is -2.12. The number of nitriles is 1. The average Bonchev–Trinajstić information content (AvgIpc) is 2.70. The van der Waals surface area contributed by atoms with E-state index in [-0.39, 0.29) is 0 Å². The molecule has 144 valence electrons. The van der Waals surface area contributed by atoms with Gasteiger partial charge in [0.25, 0.3) is 0 Å². The minimum Gasteiger partial charge on any atom is -0.399 e. The van der Waals surface area contributed by atoms with Crippen molar-refractivity contribution in [2.24, 2.45) is 5.73 Å². The van der Waals surface area contributed by atoms with Gasteiger partial charge in [-0.05, 0) is 65.9 Å². The Hall–Kier alpha value is -3.71. The second kappa shape index (κ2) is 8.99. The molecule has 29 heavy (non-hydrogen) atoms. The molecule has 3 aromatic rings. The van der Waals surface area contributed by atoms with Crippen molar-refractivity contribution < 1.29 is 0 Å². The molecule has 1 aromatic heterocycles. The average molecular weight is 380 g/mol. The normalized spacial score (nSPS) is 10.8. The zero-order valence-electron chi connectivity index (χ0n) is 16.8. The van der Waals surface area contributed by atoms with Crippen LogP contribution in [0.25, 0.3) is 6.08 Å². The summed E-state index contributed by atoms with van der Waals surface area (Å²) in [5.41, 5.74) is 13.7. The Morgan fingerprint density at radius 1 is 1.10 bits per heavy atom. The smallest absolute Gasteiger partial charge is 0.132 e. The predicted octanol–water partition coefficient (Wildman–Crippen LogP) is 4.63. The van der Waals surface area contributed by atoms with Crippen molar-refractivity contribution in [3.05, 3.63) is 112 Å². The Labute approximate surface area is 172 Å². The highest BCUT2D eigenvalue weighted by atomic mass is 14.9. The summed E-state index contributed by atoms with van der Waals surface area (Å²) in [6.07, 6.45) is 7.01. The minimum absolute atomic E-state index is 0.542. The number of nitrogens with two attached hydrogens (primary N) is 1. The topological polar surface area (TPSA) is 75.6 Å². The molecule has 0 saturated heterocycles. The summed E-state index contributed by atoms with van der Waals surface area (Å²) >= 11 is 0. The summed E-state index contributed by atoms with van der Waals surface area (Å²) in [6, 6.07) is 16.0. The molecule has 1 heterocycles. The van der Waals surface area contributed by atoms with E-state index in [1.165, 1.54) is 16.7 Å². The molecule has 4 heteroatoms. The van der Waals surface area contributed by atoms with Crippen molar-refractivity contribution in [3.8, 4) is 6.07 Å². The lowest BCUT2D eigenvalue weighted by Crippen LogP contribution is -2.03. The molecule has 0 atom stereocenters. The highest BCUT2D eigenvalue weighted by Gasteiger charge is 2.08. The maximum Gasteiger partial charge on any atom is 0.132 e. The van der Waals surface area contributed by atoms with Crippen molar-refractivity contribution in [1.82, 2.24) is 9.97 Å². The molecule has 0 unspecified atom stereocenters. The standard InChI is InChI=1S/C25H24N4/c1-17-12-22(5-4-19(3)27)13-18(2)24(17)15-23-10-11-28-25(29-23)14-20-6-8-21(16-26)9-7-20/h4-13H,3,14-15,27H2,1-2H3/b5-4-. The highest BCUT2D eigenvalue weighted by Crippen LogP contribution is 2.21. The highest BCUT2D eigenvalue weighted by molar-refractivity contribution is 5.56. The zero-order chi connectivity index (χ0) is 20.8. The van der Waals surface area contributed by atoms with Crippen molar-refractivity contribution in [2.75, 3.05) is 0 Å². The van der Waals surface area contributed by atoms with Gasteiger partial charge >= 0.3 is 0 Å². The van der Waals surface area contributed by atoms with E-state index in [0.717, 1.165) is 29.1 Å². The monoisotopic (exact) mass is 380 g/mol. The van der Waals surface area contributed by atoms with Gasteiger partial charge in [-0.25, -0.2) is 9.97 Å².